The van der Waals surface area contributed by atoms with Crippen molar-refractivity contribution in [3.63, 3.8) is 0 Å². The first-order chi connectivity index (χ1) is 11.6. The minimum atomic E-state index is -0.336. The maximum atomic E-state index is 11.2. The van der Waals surface area contributed by atoms with Crippen LogP contribution in [0.5, 0.6) is 0 Å². The maximum absolute atomic E-state index is 11.2. The zero-order valence-electron chi connectivity index (χ0n) is 14.7. The molecule has 2 bridgehead atoms. The Labute approximate surface area is 145 Å². The second-order valence-electron chi connectivity index (χ2n) is 6.98. The molecule has 2 fully saturated rings. The van der Waals surface area contributed by atoms with E-state index in [0.717, 1.165) is 42.6 Å². The van der Waals surface area contributed by atoms with Crippen LogP contribution in [0.4, 0.5) is 0 Å². The Hall–Kier alpha value is -1.52. The van der Waals surface area contributed by atoms with Crippen molar-refractivity contribution in [2.24, 2.45) is 11.8 Å². The van der Waals surface area contributed by atoms with Gasteiger partial charge >= 0.3 is 11.9 Å². The van der Waals surface area contributed by atoms with Crippen molar-refractivity contribution >= 4 is 18.7 Å². The summed E-state index contributed by atoms with van der Waals surface area (Å²) in [6.07, 6.45) is 9.26. The van der Waals surface area contributed by atoms with Gasteiger partial charge in [-0.05, 0) is 31.0 Å². The predicted octanol–water partition coefficient (Wildman–Crippen LogP) is 3.91. The fourth-order valence-corrected chi connectivity index (χ4v) is 5.20. The summed E-state index contributed by atoms with van der Waals surface area (Å²) in [5.74, 6) is 2.32. The third-order valence-corrected chi connectivity index (χ3v) is 6.01. The highest BCUT2D eigenvalue weighted by atomic mass is 16.5. The molecule has 2 aliphatic heterocycles. The van der Waals surface area contributed by atoms with Crippen LogP contribution >= 0.6 is 0 Å². The zero-order chi connectivity index (χ0) is 17.5. The summed E-state index contributed by atoms with van der Waals surface area (Å²) < 4.78 is 10.3. The van der Waals surface area contributed by atoms with Crippen LogP contribution in [0.1, 0.15) is 39.0 Å². The Bertz CT molecular complexity index is 476. The van der Waals surface area contributed by atoms with Crippen molar-refractivity contribution in [1.29, 1.82) is 0 Å². The summed E-state index contributed by atoms with van der Waals surface area (Å²) in [6, 6.07) is 0. The number of carbonyl (C=O) groups is 2. The minimum absolute atomic E-state index is 0.326. The van der Waals surface area contributed by atoms with Crippen molar-refractivity contribution in [3.8, 4) is 0 Å². The summed E-state index contributed by atoms with van der Waals surface area (Å²) in [5.41, 5.74) is 0. The van der Waals surface area contributed by atoms with E-state index in [1.807, 2.05) is 0 Å². The molecule has 4 unspecified atom stereocenters. The SMILES string of the molecule is C=CC(=O)OCCCC1C2CCC(B2CCOC(=O)C=C)C1CC. The monoisotopic (exact) mass is 332 g/mol. The lowest BCUT2D eigenvalue weighted by Crippen LogP contribution is -2.19. The number of fused-ring (bicyclic) bond motifs is 2. The number of hydrogen-bond donors (Lipinski definition) is 0. The topological polar surface area (TPSA) is 52.6 Å². The molecule has 0 N–H and O–H groups in total. The van der Waals surface area contributed by atoms with E-state index in [1.165, 1.54) is 31.4 Å². The van der Waals surface area contributed by atoms with E-state index in [-0.39, 0.29) is 11.9 Å². The standard InChI is InChI=1S/C19H29BO4/c1-4-14-15(8-7-12-23-18(21)5-2)17-10-9-16(14)20(17)11-13-24-19(22)6-3/h5-6,14-17H,2-4,7-13H2,1H3. The molecule has 2 heterocycles. The Morgan fingerprint density at radius 2 is 1.62 bits per heavy atom. The van der Waals surface area contributed by atoms with Gasteiger partial charge in [-0.15, -0.1) is 0 Å². The summed E-state index contributed by atoms with van der Waals surface area (Å²) >= 11 is 0. The molecule has 0 aliphatic carbocycles. The van der Waals surface area contributed by atoms with Crippen molar-refractivity contribution < 1.29 is 19.1 Å². The van der Waals surface area contributed by atoms with Gasteiger partial charge < -0.3 is 9.47 Å². The van der Waals surface area contributed by atoms with E-state index in [9.17, 15) is 9.59 Å². The zero-order valence-corrected chi connectivity index (χ0v) is 14.7. The number of ether oxygens (including phenoxy) is 2. The molecule has 4 atom stereocenters. The van der Waals surface area contributed by atoms with Crippen LogP contribution in [0.25, 0.3) is 0 Å². The first-order valence-corrected chi connectivity index (χ1v) is 9.20. The predicted molar refractivity (Wildman–Crippen MR) is 96.1 cm³/mol. The van der Waals surface area contributed by atoms with Gasteiger partial charge in [-0.2, -0.15) is 0 Å². The fourth-order valence-electron chi connectivity index (χ4n) is 5.20. The maximum Gasteiger partial charge on any atom is 0.330 e. The molecule has 24 heavy (non-hydrogen) atoms. The molecule has 0 aromatic rings. The van der Waals surface area contributed by atoms with Crippen LogP contribution in [-0.4, -0.2) is 31.9 Å². The van der Waals surface area contributed by atoms with Gasteiger partial charge in [0, 0.05) is 12.2 Å². The molecular weight excluding hydrogens is 303 g/mol. The number of hydrogen-bond acceptors (Lipinski definition) is 4. The van der Waals surface area contributed by atoms with Crippen LogP contribution in [0.3, 0.4) is 0 Å². The molecule has 0 aromatic heterocycles. The highest BCUT2D eigenvalue weighted by Crippen LogP contribution is 2.61. The average Bonchev–Trinajstić information content (AvgIpc) is 3.12. The van der Waals surface area contributed by atoms with Crippen LogP contribution in [0.15, 0.2) is 25.3 Å². The lowest BCUT2D eigenvalue weighted by molar-refractivity contribution is -0.138. The molecular formula is C19H29BO4. The molecule has 0 spiro atoms. The molecule has 5 heteroatoms. The van der Waals surface area contributed by atoms with Gasteiger partial charge in [0.25, 0.3) is 0 Å². The first kappa shape index (κ1) is 18.8. The van der Waals surface area contributed by atoms with Gasteiger partial charge in [-0.1, -0.05) is 51.0 Å². The third kappa shape index (κ3) is 4.31. The van der Waals surface area contributed by atoms with E-state index >= 15 is 0 Å². The van der Waals surface area contributed by atoms with E-state index in [4.69, 9.17) is 9.47 Å². The molecule has 0 amide bonds. The highest BCUT2D eigenvalue weighted by molar-refractivity contribution is 6.64. The van der Waals surface area contributed by atoms with E-state index in [1.54, 1.807) is 0 Å². The largest absolute Gasteiger partial charge is 0.463 e. The van der Waals surface area contributed by atoms with Gasteiger partial charge in [0.1, 0.15) is 0 Å². The molecule has 132 valence electrons. The normalized spacial score (nSPS) is 27.8. The van der Waals surface area contributed by atoms with Gasteiger partial charge in [-0.3, -0.25) is 0 Å². The Kier molecular flexibility index (Phi) is 7.13. The second kappa shape index (κ2) is 9.09. The van der Waals surface area contributed by atoms with E-state index in [2.05, 4.69) is 20.1 Å². The molecule has 0 saturated carbocycles. The van der Waals surface area contributed by atoms with Crippen LogP contribution in [0, 0.1) is 11.8 Å². The van der Waals surface area contributed by atoms with Crippen LogP contribution in [0.2, 0.25) is 18.0 Å². The lowest BCUT2D eigenvalue weighted by atomic mass is 9.38. The van der Waals surface area contributed by atoms with Crippen molar-refractivity contribution in [1.82, 2.24) is 0 Å². The summed E-state index contributed by atoms with van der Waals surface area (Å²) in [7, 11) is 0. The molecule has 2 saturated heterocycles. The summed E-state index contributed by atoms with van der Waals surface area (Å²) in [5, 5.41) is 0. The molecule has 4 nitrogen and oxygen atoms in total. The summed E-state index contributed by atoms with van der Waals surface area (Å²) in [6.45, 7) is 10.8. The van der Waals surface area contributed by atoms with Gasteiger partial charge in [0.2, 0.25) is 0 Å². The van der Waals surface area contributed by atoms with Crippen molar-refractivity contribution in [3.05, 3.63) is 25.3 Å². The molecule has 2 aliphatic rings. The van der Waals surface area contributed by atoms with Gasteiger partial charge in [-0.25, -0.2) is 9.59 Å². The highest BCUT2D eigenvalue weighted by Gasteiger charge is 2.54. The quantitative estimate of drug-likeness (QED) is 0.263. The summed E-state index contributed by atoms with van der Waals surface area (Å²) in [4.78, 5) is 22.3. The van der Waals surface area contributed by atoms with Crippen LogP contribution < -0.4 is 0 Å². The smallest absolute Gasteiger partial charge is 0.330 e. The molecule has 2 rings (SSSR count). The Balaban J connectivity index is 1.83. The third-order valence-electron chi connectivity index (χ3n) is 6.01. The molecule has 0 aromatic carbocycles. The number of rotatable bonds is 10. The van der Waals surface area contributed by atoms with Crippen LogP contribution in [-0.2, 0) is 19.1 Å². The Morgan fingerprint density at radius 3 is 2.21 bits per heavy atom. The number of esters is 2. The molecule has 0 radical (unpaired) electrons. The fraction of sp³-hybridized carbons (Fsp3) is 0.684. The lowest BCUT2D eigenvalue weighted by Gasteiger charge is -2.31. The minimum Gasteiger partial charge on any atom is -0.463 e. The van der Waals surface area contributed by atoms with E-state index < -0.39 is 0 Å². The Morgan fingerprint density at radius 1 is 1.04 bits per heavy atom. The van der Waals surface area contributed by atoms with E-state index in [0.29, 0.717) is 19.9 Å². The van der Waals surface area contributed by atoms with Crippen molar-refractivity contribution in [2.75, 3.05) is 13.2 Å². The second-order valence-corrected chi connectivity index (χ2v) is 6.98. The number of carbonyl (C=O) groups excluding carboxylic acids is 2. The van der Waals surface area contributed by atoms with Gasteiger partial charge in [0.05, 0.1) is 13.2 Å². The van der Waals surface area contributed by atoms with Gasteiger partial charge in [0.15, 0.2) is 6.71 Å². The van der Waals surface area contributed by atoms with Crippen molar-refractivity contribution in [2.45, 2.75) is 57.0 Å². The average molecular weight is 332 g/mol. The first-order valence-electron chi connectivity index (χ1n) is 9.20.